The van der Waals surface area contributed by atoms with E-state index in [9.17, 15) is 0 Å². The molecule has 1 aromatic heterocycles. The van der Waals surface area contributed by atoms with Crippen LogP contribution in [0.15, 0.2) is 16.5 Å². The number of rotatable bonds is 4. The fourth-order valence-electron chi connectivity index (χ4n) is 3.01. The molecule has 102 valence electrons. The van der Waals surface area contributed by atoms with Gasteiger partial charge >= 0.3 is 0 Å². The Kier molecular flexibility index (Phi) is 3.45. The first-order valence-corrected chi connectivity index (χ1v) is 7.46. The third-order valence-electron chi connectivity index (χ3n) is 4.12. The molecule has 1 fully saturated rings. The summed E-state index contributed by atoms with van der Waals surface area (Å²) >= 11 is 0. The number of hydrogen-bond acceptors (Lipinski definition) is 3. The number of nitrogens with two attached hydrogens (primary N) is 1. The van der Waals surface area contributed by atoms with Crippen molar-refractivity contribution in [3.63, 3.8) is 0 Å². The Balaban J connectivity index is 1.94. The number of benzene rings is 1. The summed E-state index contributed by atoms with van der Waals surface area (Å²) in [7, 11) is 0. The number of fused-ring (bicyclic) bond motifs is 1. The lowest BCUT2D eigenvalue weighted by Crippen LogP contribution is -1.91. The average molecular weight is 258 g/mol. The van der Waals surface area contributed by atoms with Crippen molar-refractivity contribution < 1.29 is 4.42 Å². The van der Waals surface area contributed by atoms with Crippen molar-refractivity contribution >= 4 is 16.8 Å². The third kappa shape index (κ3) is 2.46. The van der Waals surface area contributed by atoms with E-state index in [1.807, 2.05) is 6.07 Å². The van der Waals surface area contributed by atoms with Gasteiger partial charge in [-0.1, -0.05) is 26.2 Å². The molecule has 2 N–H and O–H groups in total. The van der Waals surface area contributed by atoms with Crippen molar-refractivity contribution in [1.82, 2.24) is 4.98 Å². The van der Waals surface area contributed by atoms with Crippen LogP contribution in [0.4, 0.5) is 5.69 Å². The van der Waals surface area contributed by atoms with Crippen LogP contribution in [0.25, 0.3) is 11.1 Å². The first kappa shape index (κ1) is 12.5. The molecule has 0 amide bonds. The number of oxazole rings is 1. The second kappa shape index (κ2) is 5.24. The molecule has 0 atom stereocenters. The van der Waals surface area contributed by atoms with E-state index in [1.54, 1.807) is 0 Å². The van der Waals surface area contributed by atoms with Crippen LogP contribution in [0.1, 0.15) is 62.8 Å². The van der Waals surface area contributed by atoms with Crippen LogP contribution in [0, 0.1) is 0 Å². The van der Waals surface area contributed by atoms with Crippen LogP contribution in [-0.4, -0.2) is 4.98 Å². The molecule has 1 heterocycles. The number of anilines is 1. The van der Waals surface area contributed by atoms with Crippen molar-refractivity contribution in [2.75, 3.05) is 5.73 Å². The van der Waals surface area contributed by atoms with E-state index in [-0.39, 0.29) is 0 Å². The van der Waals surface area contributed by atoms with Gasteiger partial charge in [0.1, 0.15) is 5.52 Å². The molecule has 3 heteroatoms. The zero-order valence-corrected chi connectivity index (χ0v) is 11.6. The van der Waals surface area contributed by atoms with Gasteiger partial charge in [-0.3, -0.25) is 0 Å². The van der Waals surface area contributed by atoms with Crippen LogP contribution in [0.2, 0.25) is 0 Å². The molecule has 1 aliphatic rings. The zero-order chi connectivity index (χ0) is 13.2. The molecule has 19 heavy (non-hydrogen) atoms. The summed E-state index contributed by atoms with van der Waals surface area (Å²) in [5.74, 6) is 1.40. The Labute approximate surface area is 114 Å². The zero-order valence-electron chi connectivity index (χ0n) is 11.6. The Bertz CT molecular complexity index is 567. The minimum absolute atomic E-state index is 0.505. The molecule has 0 aliphatic heterocycles. The molecule has 0 unspecified atom stereocenters. The van der Waals surface area contributed by atoms with Gasteiger partial charge in [-0.2, -0.15) is 0 Å². The van der Waals surface area contributed by atoms with E-state index in [1.165, 1.54) is 44.1 Å². The second-order valence-corrected chi connectivity index (χ2v) is 5.67. The Hall–Kier alpha value is -1.51. The Morgan fingerprint density at radius 1 is 1.32 bits per heavy atom. The topological polar surface area (TPSA) is 52.0 Å². The minimum Gasteiger partial charge on any atom is -0.438 e. The second-order valence-electron chi connectivity index (χ2n) is 5.67. The van der Waals surface area contributed by atoms with Crippen molar-refractivity contribution in [2.24, 2.45) is 0 Å². The summed E-state index contributed by atoms with van der Waals surface area (Å²) in [6, 6.07) is 4.19. The van der Waals surface area contributed by atoms with Gasteiger partial charge in [0.15, 0.2) is 11.5 Å². The summed E-state index contributed by atoms with van der Waals surface area (Å²) in [5, 5.41) is 0. The van der Waals surface area contributed by atoms with Gasteiger partial charge in [0.25, 0.3) is 0 Å². The van der Waals surface area contributed by atoms with Gasteiger partial charge in [-0.05, 0) is 43.4 Å². The number of aryl methyl sites for hydroxylation is 1. The van der Waals surface area contributed by atoms with Crippen molar-refractivity contribution in [3.8, 4) is 0 Å². The van der Waals surface area contributed by atoms with Crippen LogP contribution >= 0.6 is 0 Å². The molecule has 3 rings (SSSR count). The van der Waals surface area contributed by atoms with E-state index in [4.69, 9.17) is 10.2 Å². The molecular weight excluding hydrogens is 236 g/mol. The molecule has 0 radical (unpaired) electrons. The van der Waals surface area contributed by atoms with E-state index in [0.717, 1.165) is 29.1 Å². The van der Waals surface area contributed by atoms with Gasteiger partial charge in [-0.15, -0.1) is 0 Å². The van der Waals surface area contributed by atoms with Crippen LogP contribution in [0.5, 0.6) is 0 Å². The van der Waals surface area contributed by atoms with Crippen molar-refractivity contribution in [2.45, 2.75) is 57.8 Å². The van der Waals surface area contributed by atoms with Crippen molar-refractivity contribution in [3.05, 3.63) is 23.6 Å². The summed E-state index contributed by atoms with van der Waals surface area (Å²) in [6.07, 6.45) is 8.46. The number of hydrogen-bond donors (Lipinski definition) is 1. The SMILES string of the molecule is CCCCc1cc(N)c2oc(C3CCCC3)nc2c1. The minimum atomic E-state index is 0.505. The fraction of sp³-hybridized carbons (Fsp3) is 0.562. The lowest BCUT2D eigenvalue weighted by molar-refractivity contribution is 0.475. The molecule has 0 bridgehead atoms. The molecule has 0 saturated heterocycles. The first-order valence-electron chi connectivity index (χ1n) is 7.46. The molecule has 3 nitrogen and oxygen atoms in total. The molecule has 2 aromatic rings. The standard InChI is InChI=1S/C16H22N2O/c1-2-3-6-11-9-13(17)15-14(10-11)18-16(19-15)12-7-4-5-8-12/h9-10,12H,2-8,17H2,1H3. The molecule has 1 aromatic carbocycles. The maximum atomic E-state index is 6.11. The van der Waals surface area contributed by atoms with E-state index in [0.29, 0.717) is 5.92 Å². The monoisotopic (exact) mass is 258 g/mol. The first-order chi connectivity index (χ1) is 9.28. The number of aromatic nitrogens is 1. The largest absolute Gasteiger partial charge is 0.438 e. The Morgan fingerprint density at radius 3 is 2.84 bits per heavy atom. The van der Waals surface area contributed by atoms with Crippen LogP contribution < -0.4 is 5.73 Å². The van der Waals surface area contributed by atoms with E-state index in [2.05, 4.69) is 18.0 Å². The third-order valence-corrected chi connectivity index (χ3v) is 4.12. The van der Waals surface area contributed by atoms with Gasteiger partial charge in [0.2, 0.25) is 0 Å². The summed E-state index contributed by atoms with van der Waals surface area (Å²) in [4.78, 5) is 4.68. The highest BCUT2D eigenvalue weighted by Crippen LogP contribution is 2.36. The van der Waals surface area contributed by atoms with Crippen LogP contribution in [-0.2, 0) is 6.42 Å². The summed E-state index contributed by atoms with van der Waals surface area (Å²) in [5.41, 5.74) is 9.84. The van der Waals surface area contributed by atoms with Gasteiger partial charge < -0.3 is 10.2 Å². The highest BCUT2D eigenvalue weighted by atomic mass is 16.3. The summed E-state index contributed by atoms with van der Waals surface area (Å²) in [6.45, 7) is 2.20. The Morgan fingerprint density at radius 2 is 2.11 bits per heavy atom. The quantitative estimate of drug-likeness (QED) is 0.826. The van der Waals surface area contributed by atoms with Gasteiger partial charge in [0.05, 0.1) is 5.69 Å². The number of unbranched alkanes of at least 4 members (excludes halogenated alkanes) is 1. The molecule has 1 saturated carbocycles. The highest BCUT2D eigenvalue weighted by molar-refractivity contribution is 5.85. The van der Waals surface area contributed by atoms with E-state index < -0.39 is 0 Å². The predicted octanol–water partition coefficient (Wildman–Crippen LogP) is 4.41. The maximum absolute atomic E-state index is 6.11. The normalized spacial score (nSPS) is 16.5. The lowest BCUT2D eigenvalue weighted by atomic mass is 10.1. The summed E-state index contributed by atoms with van der Waals surface area (Å²) < 4.78 is 5.91. The van der Waals surface area contributed by atoms with Gasteiger partial charge in [-0.25, -0.2) is 4.98 Å². The lowest BCUT2D eigenvalue weighted by Gasteiger charge is -2.01. The van der Waals surface area contributed by atoms with E-state index >= 15 is 0 Å². The molecule has 1 aliphatic carbocycles. The molecule has 0 spiro atoms. The maximum Gasteiger partial charge on any atom is 0.198 e. The number of nitrogens with zero attached hydrogens (tertiary/aromatic N) is 1. The number of nitrogen functional groups attached to an aromatic ring is 1. The van der Waals surface area contributed by atoms with Crippen LogP contribution in [0.3, 0.4) is 0 Å². The van der Waals surface area contributed by atoms with Crippen molar-refractivity contribution in [1.29, 1.82) is 0 Å². The average Bonchev–Trinajstić information content (AvgIpc) is 3.04. The smallest absolute Gasteiger partial charge is 0.198 e. The molecular formula is C16H22N2O. The predicted molar refractivity (Wildman–Crippen MR) is 78.2 cm³/mol. The fourth-order valence-corrected chi connectivity index (χ4v) is 3.01. The highest BCUT2D eigenvalue weighted by Gasteiger charge is 2.23. The van der Waals surface area contributed by atoms with Gasteiger partial charge in [0, 0.05) is 5.92 Å².